The SMILES string of the molecule is COCCNC(=O)C1CC(F)(F)CN1. The second kappa shape index (κ2) is 4.65. The van der Waals surface area contributed by atoms with E-state index in [-0.39, 0.29) is 5.91 Å². The van der Waals surface area contributed by atoms with E-state index in [1.165, 1.54) is 7.11 Å². The predicted molar refractivity (Wildman–Crippen MR) is 46.2 cm³/mol. The number of carbonyl (C=O) groups is 1. The smallest absolute Gasteiger partial charge is 0.262 e. The Balaban J connectivity index is 2.25. The number of nitrogens with one attached hydrogen (secondary N) is 2. The zero-order valence-electron chi connectivity index (χ0n) is 7.98. The summed E-state index contributed by atoms with van der Waals surface area (Å²) in [4.78, 5) is 11.2. The van der Waals surface area contributed by atoms with Crippen molar-refractivity contribution in [2.45, 2.75) is 18.4 Å². The van der Waals surface area contributed by atoms with Crippen LogP contribution in [-0.2, 0) is 9.53 Å². The molecule has 82 valence electrons. The van der Waals surface area contributed by atoms with Crippen LogP contribution in [0.1, 0.15) is 6.42 Å². The maximum atomic E-state index is 12.7. The first-order valence-corrected chi connectivity index (χ1v) is 4.43. The number of ether oxygens (including phenoxy) is 1. The molecule has 0 aromatic rings. The first-order valence-electron chi connectivity index (χ1n) is 4.43. The monoisotopic (exact) mass is 208 g/mol. The topological polar surface area (TPSA) is 50.4 Å². The highest BCUT2D eigenvalue weighted by Crippen LogP contribution is 2.24. The molecule has 1 heterocycles. The number of rotatable bonds is 4. The van der Waals surface area contributed by atoms with Gasteiger partial charge in [0, 0.05) is 20.1 Å². The van der Waals surface area contributed by atoms with Crippen molar-refractivity contribution in [3.05, 3.63) is 0 Å². The van der Waals surface area contributed by atoms with Gasteiger partial charge in [-0.15, -0.1) is 0 Å². The van der Waals surface area contributed by atoms with Crippen LogP contribution in [0.5, 0.6) is 0 Å². The summed E-state index contributed by atoms with van der Waals surface area (Å²) in [5.74, 6) is -3.15. The Morgan fingerprint density at radius 1 is 1.71 bits per heavy atom. The largest absolute Gasteiger partial charge is 0.383 e. The average Bonchev–Trinajstić information content (AvgIpc) is 2.46. The zero-order chi connectivity index (χ0) is 10.6. The van der Waals surface area contributed by atoms with Crippen LogP contribution in [0.4, 0.5) is 8.78 Å². The van der Waals surface area contributed by atoms with Crippen LogP contribution in [0.25, 0.3) is 0 Å². The van der Waals surface area contributed by atoms with E-state index in [1.54, 1.807) is 0 Å². The van der Waals surface area contributed by atoms with Gasteiger partial charge >= 0.3 is 0 Å². The van der Waals surface area contributed by atoms with Crippen molar-refractivity contribution in [1.82, 2.24) is 10.6 Å². The lowest BCUT2D eigenvalue weighted by Crippen LogP contribution is -2.41. The molecular weight excluding hydrogens is 194 g/mol. The molecule has 0 aliphatic carbocycles. The van der Waals surface area contributed by atoms with E-state index in [1.807, 2.05) is 0 Å². The molecule has 0 spiro atoms. The maximum absolute atomic E-state index is 12.7. The molecule has 1 atom stereocenters. The van der Waals surface area contributed by atoms with Gasteiger partial charge in [-0.1, -0.05) is 0 Å². The van der Waals surface area contributed by atoms with Gasteiger partial charge in [-0.25, -0.2) is 8.78 Å². The van der Waals surface area contributed by atoms with E-state index in [0.29, 0.717) is 13.2 Å². The first-order chi connectivity index (χ1) is 6.55. The van der Waals surface area contributed by atoms with E-state index in [4.69, 9.17) is 4.74 Å². The molecular formula is C8H14F2N2O2. The second-order valence-corrected chi connectivity index (χ2v) is 3.28. The van der Waals surface area contributed by atoms with Gasteiger partial charge in [0.25, 0.3) is 5.92 Å². The summed E-state index contributed by atoms with van der Waals surface area (Å²) in [6.45, 7) is 0.309. The van der Waals surface area contributed by atoms with Crippen LogP contribution in [-0.4, -0.2) is 44.7 Å². The third kappa shape index (κ3) is 3.19. The minimum absolute atomic E-state index is 0.346. The molecule has 2 N–H and O–H groups in total. The summed E-state index contributed by atoms with van der Waals surface area (Å²) in [7, 11) is 1.51. The molecule has 1 aliphatic rings. The Kier molecular flexibility index (Phi) is 3.77. The van der Waals surface area contributed by atoms with Crippen LogP contribution >= 0.6 is 0 Å². The number of methoxy groups -OCH3 is 1. The van der Waals surface area contributed by atoms with Crippen molar-refractivity contribution in [3.8, 4) is 0 Å². The summed E-state index contributed by atoms with van der Waals surface area (Å²) in [5, 5.41) is 4.97. The van der Waals surface area contributed by atoms with Crippen molar-refractivity contribution in [2.24, 2.45) is 0 Å². The molecule has 1 amide bonds. The fourth-order valence-corrected chi connectivity index (χ4v) is 1.30. The minimum Gasteiger partial charge on any atom is -0.383 e. The van der Waals surface area contributed by atoms with Crippen molar-refractivity contribution >= 4 is 5.91 Å². The normalized spacial score (nSPS) is 24.9. The molecule has 0 bridgehead atoms. The number of alkyl halides is 2. The highest BCUT2D eigenvalue weighted by Gasteiger charge is 2.42. The fourth-order valence-electron chi connectivity index (χ4n) is 1.30. The summed E-state index contributed by atoms with van der Waals surface area (Å²) < 4.78 is 30.1. The highest BCUT2D eigenvalue weighted by molar-refractivity contribution is 5.82. The molecule has 1 saturated heterocycles. The Hall–Kier alpha value is -0.750. The summed E-state index contributed by atoms with van der Waals surface area (Å²) >= 11 is 0. The van der Waals surface area contributed by atoms with E-state index >= 15 is 0 Å². The molecule has 0 aromatic carbocycles. The van der Waals surface area contributed by atoms with Gasteiger partial charge in [-0.05, 0) is 0 Å². The van der Waals surface area contributed by atoms with Crippen LogP contribution in [0, 0.1) is 0 Å². The van der Waals surface area contributed by atoms with Crippen LogP contribution in [0.3, 0.4) is 0 Å². The Morgan fingerprint density at radius 2 is 2.43 bits per heavy atom. The van der Waals surface area contributed by atoms with Crippen LogP contribution in [0.2, 0.25) is 0 Å². The molecule has 1 aliphatic heterocycles. The molecule has 0 radical (unpaired) electrons. The molecule has 6 heteroatoms. The summed E-state index contributed by atoms with van der Waals surface area (Å²) in [6, 6.07) is -0.776. The lowest BCUT2D eigenvalue weighted by Gasteiger charge is -2.10. The molecule has 0 aromatic heterocycles. The summed E-state index contributed by atoms with van der Waals surface area (Å²) in [5.41, 5.74) is 0. The average molecular weight is 208 g/mol. The van der Waals surface area contributed by atoms with Gasteiger partial charge < -0.3 is 10.1 Å². The quantitative estimate of drug-likeness (QED) is 0.626. The van der Waals surface area contributed by atoms with Gasteiger partial charge in [-0.3, -0.25) is 10.1 Å². The number of halogens is 2. The highest BCUT2D eigenvalue weighted by atomic mass is 19.3. The standard InChI is InChI=1S/C8H14F2N2O2/c1-14-3-2-11-7(13)6-4-8(9,10)5-12-6/h6,12H,2-5H2,1H3,(H,11,13). The maximum Gasteiger partial charge on any atom is 0.262 e. The van der Waals surface area contributed by atoms with E-state index in [9.17, 15) is 13.6 Å². The van der Waals surface area contributed by atoms with Crippen LogP contribution < -0.4 is 10.6 Å². The van der Waals surface area contributed by atoms with Crippen molar-refractivity contribution < 1.29 is 18.3 Å². The minimum atomic E-state index is -2.76. The van der Waals surface area contributed by atoms with Crippen molar-refractivity contribution in [1.29, 1.82) is 0 Å². The third-order valence-corrected chi connectivity index (χ3v) is 2.03. The number of amides is 1. The summed E-state index contributed by atoms with van der Waals surface area (Å²) in [6.07, 6.45) is -0.425. The Bertz CT molecular complexity index is 212. The van der Waals surface area contributed by atoms with Gasteiger partial charge in [0.05, 0.1) is 19.2 Å². The molecule has 1 rings (SSSR count). The lowest BCUT2D eigenvalue weighted by molar-refractivity contribution is -0.123. The van der Waals surface area contributed by atoms with Gasteiger partial charge in [-0.2, -0.15) is 0 Å². The molecule has 1 fully saturated rings. The third-order valence-electron chi connectivity index (χ3n) is 2.03. The lowest BCUT2D eigenvalue weighted by atomic mass is 10.2. The van der Waals surface area contributed by atoms with Crippen LogP contribution in [0.15, 0.2) is 0 Å². The number of hydrogen-bond donors (Lipinski definition) is 2. The molecule has 1 unspecified atom stereocenters. The predicted octanol–water partition coefficient (Wildman–Crippen LogP) is -0.254. The Morgan fingerprint density at radius 3 is 2.93 bits per heavy atom. The number of hydrogen-bond acceptors (Lipinski definition) is 3. The van der Waals surface area contributed by atoms with Gasteiger partial charge in [0.15, 0.2) is 0 Å². The Labute approximate surface area is 81.0 Å². The first kappa shape index (κ1) is 11.3. The van der Waals surface area contributed by atoms with Crippen molar-refractivity contribution in [3.63, 3.8) is 0 Å². The van der Waals surface area contributed by atoms with Gasteiger partial charge in [0.1, 0.15) is 0 Å². The fraction of sp³-hybridized carbons (Fsp3) is 0.875. The van der Waals surface area contributed by atoms with Crippen molar-refractivity contribution in [2.75, 3.05) is 26.8 Å². The number of carbonyl (C=O) groups excluding carboxylic acids is 1. The zero-order valence-corrected chi connectivity index (χ0v) is 7.98. The second-order valence-electron chi connectivity index (χ2n) is 3.28. The van der Waals surface area contributed by atoms with E-state index < -0.39 is 24.9 Å². The van der Waals surface area contributed by atoms with E-state index in [2.05, 4.69) is 10.6 Å². The molecule has 0 saturated carbocycles. The molecule has 4 nitrogen and oxygen atoms in total. The van der Waals surface area contributed by atoms with E-state index in [0.717, 1.165) is 0 Å². The molecule has 14 heavy (non-hydrogen) atoms. The van der Waals surface area contributed by atoms with Gasteiger partial charge in [0.2, 0.25) is 5.91 Å².